The lowest BCUT2D eigenvalue weighted by Gasteiger charge is -2.27. The van der Waals surface area contributed by atoms with Gasteiger partial charge in [-0.05, 0) is 43.5 Å². The van der Waals surface area contributed by atoms with Crippen molar-refractivity contribution in [3.8, 4) is 0 Å². The third-order valence-electron chi connectivity index (χ3n) is 3.42. The number of aromatic nitrogens is 1. The van der Waals surface area contributed by atoms with E-state index in [1.165, 1.54) is 12.0 Å². The minimum Gasteiger partial charge on any atom is -0.357 e. The van der Waals surface area contributed by atoms with Gasteiger partial charge in [0.05, 0.1) is 0 Å². The Labute approximate surface area is 112 Å². The first-order chi connectivity index (χ1) is 8.72. The molecule has 0 spiro atoms. The smallest absolute Gasteiger partial charge is 0.128 e. The standard InChI is InChI=1S/C15H27N3/c1-5-9-16-12-13-8-10-17-15(11-13)18(4)14(6-2)7-3/h8,10-11,14,16H,5-7,9,12H2,1-4H3. The summed E-state index contributed by atoms with van der Waals surface area (Å²) >= 11 is 0. The molecule has 102 valence electrons. The van der Waals surface area contributed by atoms with Crippen molar-refractivity contribution < 1.29 is 0 Å². The zero-order chi connectivity index (χ0) is 13.4. The molecule has 18 heavy (non-hydrogen) atoms. The lowest BCUT2D eigenvalue weighted by Crippen LogP contribution is -2.31. The first kappa shape index (κ1) is 15.0. The van der Waals surface area contributed by atoms with Crippen molar-refractivity contribution in [2.75, 3.05) is 18.5 Å². The van der Waals surface area contributed by atoms with E-state index in [4.69, 9.17) is 0 Å². The lowest BCUT2D eigenvalue weighted by atomic mass is 10.1. The van der Waals surface area contributed by atoms with Crippen LogP contribution in [0.25, 0.3) is 0 Å². The van der Waals surface area contributed by atoms with Crippen molar-refractivity contribution in [3.05, 3.63) is 23.9 Å². The van der Waals surface area contributed by atoms with Gasteiger partial charge in [0.15, 0.2) is 0 Å². The molecule has 0 aromatic carbocycles. The highest BCUT2D eigenvalue weighted by atomic mass is 15.2. The maximum atomic E-state index is 4.48. The zero-order valence-corrected chi connectivity index (χ0v) is 12.2. The van der Waals surface area contributed by atoms with Crippen molar-refractivity contribution in [1.29, 1.82) is 0 Å². The fourth-order valence-electron chi connectivity index (χ4n) is 2.20. The Hall–Kier alpha value is -1.09. The van der Waals surface area contributed by atoms with Crippen LogP contribution in [0.3, 0.4) is 0 Å². The van der Waals surface area contributed by atoms with Gasteiger partial charge >= 0.3 is 0 Å². The second kappa shape index (κ2) is 8.09. The van der Waals surface area contributed by atoms with Gasteiger partial charge in [0.2, 0.25) is 0 Å². The van der Waals surface area contributed by atoms with Crippen LogP contribution in [-0.4, -0.2) is 24.6 Å². The van der Waals surface area contributed by atoms with Crippen molar-refractivity contribution in [2.24, 2.45) is 0 Å². The molecule has 0 atom stereocenters. The van der Waals surface area contributed by atoms with Gasteiger partial charge in [-0.25, -0.2) is 4.98 Å². The molecular weight excluding hydrogens is 222 g/mol. The van der Waals surface area contributed by atoms with E-state index < -0.39 is 0 Å². The highest BCUT2D eigenvalue weighted by Gasteiger charge is 2.12. The zero-order valence-electron chi connectivity index (χ0n) is 12.2. The molecule has 3 nitrogen and oxygen atoms in total. The molecular formula is C15H27N3. The number of hydrogen-bond acceptors (Lipinski definition) is 3. The van der Waals surface area contributed by atoms with Crippen LogP contribution in [0.4, 0.5) is 5.82 Å². The van der Waals surface area contributed by atoms with E-state index in [-0.39, 0.29) is 0 Å². The summed E-state index contributed by atoms with van der Waals surface area (Å²) in [5, 5.41) is 3.43. The maximum Gasteiger partial charge on any atom is 0.128 e. The quantitative estimate of drug-likeness (QED) is 0.717. The van der Waals surface area contributed by atoms with Gasteiger partial charge in [0.25, 0.3) is 0 Å². The molecule has 0 aliphatic rings. The van der Waals surface area contributed by atoms with Crippen molar-refractivity contribution in [1.82, 2.24) is 10.3 Å². The second-order valence-corrected chi connectivity index (χ2v) is 4.78. The fourth-order valence-corrected chi connectivity index (χ4v) is 2.20. The van der Waals surface area contributed by atoms with Crippen LogP contribution >= 0.6 is 0 Å². The van der Waals surface area contributed by atoms with E-state index in [9.17, 15) is 0 Å². The van der Waals surface area contributed by atoms with Gasteiger partial charge < -0.3 is 10.2 Å². The Balaban J connectivity index is 2.68. The SMILES string of the molecule is CCCNCc1ccnc(N(C)C(CC)CC)c1. The Morgan fingerprint density at radius 1 is 1.28 bits per heavy atom. The number of rotatable bonds is 8. The predicted octanol–water partition coefficient (Wildman–Crippen LogP) is 3.21. The summed E-state index contributed by atoms with van der Waals surface area (Å²) in [5.41, 5.74) is 1.31. The molecule has 0 amide bonds. The number of nitrogens with zero attached hydrogens (tertiary/aromatic N) is 2. The summed E-state index contributed by atoms with van der Waals surface area (Å²) < 4.78 is 0. The average molecular weight is 249 g/mol. The minimum absolute atomic E-state index is 0.580. The highest BCUT2D eigenvalue weighted by Crippen LogP contribution is 2.17. The molecule has 0 aliphatic heterocycles. The Kier molecular flexibility index (Phi) is 6.73. The van der Waals surface area contributed by atoms with Gasteiger partial charge in [-0.2, -0.15) is 0 Å². The Bertz CT molecular complexity index is 334. The van der Waals surface area contributed by atoms with Crippen molar-refractivity contribution in [2.45, 2.75) is 52.6 Å². The molecule has 0 radical (unpaired) electrons. The second-order valence-electron chi connectivity index (χ2n) is 4.78. The van der Waals surface area contributed by atoms with Crippen LogP contribution in [0.5, 0.6) is 0 Å². The van der Waals surface area contributed by atoms with Crippen molar-refractivity contribution >= 4 is 5.82 Å². The van der Waals surface area contributed by atoms with Crippen LogP contribution in [0.2, 0.25) is 0 Å². The summed E-state index contributed by atoms with van der Waals surface area (Å²) in [5.74, 6) is 1.08. The summed E-state index contributed by atoms with van der Waals surface area (Å²) in [6, 6.07) is 4.87. The number of nitrogens with one attached hydrogen (secondary N) is 1. The number of anilines is 1. The molecule has 0 fully saturated rings. The predicted molar refractivity (Wildman–Crippen MR) is 79.0 cm³/mol. The molecule has 0 unspecified atom stereocenters. The van der Waals surface area contributed by atoms with Crippen LogP contribution in [0.1, 0.15) is 45.6 Å². The topological polar surface area (TPSA) is 28.2 Å². The summed E-state index contributed by atoms with van der Waals surface area (Å²) in [7, 11) is 2.14. The van der Waals surface area contributed by atoms with Gasteiger partial charge in [-0.3, -0.25) is 0 Å². The van der Waals surface area contributed by atoms with E-state index in [0.29, 0.717) is 6.04 Å². The Morgan fingerprint density at radius 2 is 2.00 bits per heavy atom. The molecule has 0 aliphatic carbocycles. The van der Waals surface area contributed by atoms with E-state index in [2.05, 4.69) is 55.2 Å². The number of hydrogen-bond donors (Lipinski definition) is 1. The maximum absolute atomic E-state index is 4.48. The summed E-state index contributed by atoms with van der Waals surface area (Å²) in [4.78, 5) is 6.78. The molecule has 1 aromatic rings. The van der Waals surface area contributed by atoms with E-state index in [1.54, 1.807) is 0 Å². The molecule has 1 aromatic heterocycles. The van der Waals surface area contributed by atoms with Gasteiger partial charge in [0.1, 0.15) is 5.82 Å². The molecule has 0 saturated heterocycles. The fraction of sp³-hybridized carbons (Fsp3) is 0.667. The lowest BCUT2D eigenvalue weighted by molar-refractivity contribution is 0.586. The third kappa shape index (κ3) is 4.30. The first-order valence-electron chi connectivity index (χ1n) is 7.11. The van der Waals surface area contributed by atoms with E-state index >= 15 is 0 Å². The molecule has 0 bridgehead atoms. The minimum atomic E-state index is 0.580. The molecule has 0 saturated carbocycles. The van der Waals surface area contributed by atoms with Gasteiger partial charge in [-0.1, -0.05) is 20.8 Å². The molecule has 3 heteroatoms. The molecule has 1 rings (SSSR count). The number of pyridine rings is 1. The van der Waals surface area contributed by atoms with Crippen LogP contribution in [0.15, 0.2) is 18.3 Å². The van der Waals surface area contributed by atoms with Crippen molar-refractivity contribution in [3.63, 3.8) is 0 Å². The molecule has 1 heterocycles. The monoisotopic (exact) mass is 249 g/mol. The van der Waals surface area contributed by atoms with Crippen LogP contribution < -0.4 is 10.2 Å². The molecule has 1 N–H and O–H groups in total. The third-order valence-corrected chi connectivity index (χ3v) is 3.42. The van der Waals surface area contributed by atoms with Gasteiger partial charge in [-0.15, -0.1) is 0 Å². The average Bonchev–Trinajstić information content (AvgIpc) is 2.41. The van der Waals surface area contributed by atoms with Gasteiger partial charge in [0, 0.05) is 25.8 Å². The summed E-state index contributed by atoms with van der Waals surface area (Å²) in [6.07, 6.45) is 5.41. The summed E-state index contributed by atoms with van der Waals surface area (Å²) in [6.45, 7) is 8.65. The van der Waals surface area contributed by atoms with Crippen LogP contribution in [-0.2, 0) is 6.54 Å². The highest BCUT2D eigenvalue weighted by molar-refractivity contribution is 5.41. The van der Waals surface area contributed by atoms with E-state index in [0.717, 1.165) is 31.7 Å². The van der Waals surface area contributed by atoms with Crippen LogP contribution in [0, 0.1) is 0 Å². The normalized spacial score (nSPS) is 10.9. The van der Waals surface area contributed by atoms with E-state index in [1.807, 2.05) is 6.20 Å². The Morgan fingerprint density at radius 3 is 2.61 bits per heavy atom. The first-order valence-corrected chi connectivity index (χ1v) is 7.11. The largest absolute Gasteiger partial charge is 0.357 e.